The summed E-state index contributed by atoms with van der Waals surface area (Å²) < 4.78 is 0. The Bertz CT molecular complexity index is 581. The summed E-state index contributed by atoms with van der Waals surface area (Å²) in [4.78, 5) is 14.7. The van der Waals surface area contributed by atoms with Gasteiger partial charge in [-0.15, -0.1) is 0 Å². The Balaban J connectivity index is 1.53. The fourth-order valence-corrected chi connectivity index (χ4v) is 4.21. The minimum Gasteiger partial charge on any atom is -0.388 e. The summed E-state index contributed by atoms with van der Waals surface area (Å²) in [6.45, 7) is 2.98. The Morgan fingerprint density at radius 3 is 2.38 bits per heavy atom. The average molecular weight is 380 g/mol. The summed E-state index contributed by atoms with van der Waals surface area (Å²) in [5, 5.41) is 17.1. The predicted octanol–water partition coefficient (Wildman–Crippen LogP) is 3.47. The van der Waals surface area contributed by atoms with Gasteiger partial charge in [-0.05, 0) is 56.5 Å². The summed E-state index contributed by atoms with van der Waals surface area (Å²) in [7, 11) is 0. The number of benzene rings is 1. The molecule has 0 radical (unpaired) electrons. The monoisotopic (exact) mass is 379 g/mol. The molecule has 6 heteroatoms. The molecule has 1 heterocycles. The Hall–Kier alpha value is -1.30. The van der Waals surface area contributed by atoms with Crippen molar-refractivity contribution >= 4 is 17.6 Å². The van der Waals surface area contributed by atoms with E-state index in [2.05, 4.69) is 15.5 Å². The maximum absolute atomic E-state index is 12.3. The zero-order valence-corrected chi connectivity index (χ0v) is 16.1. The number of rotatable bonds is 6. The lowest BCUT2D eigenvalue weighted by atomic mass is 9.85. The van der Waals surface area contributed by atoms with Crippen LogP contribution in [0.5, 0.6) is 0 Å². The molecule has 2 fully saturated rings. The fourth-order valence-electron chi connectivity index (χ4n) is 4.08. The van der Waals surface area contributed by atoms with Crippen LogP contribution in [0.15, 0.2) is 24.3 Å². The van der Waals surface area contributed by atoms with Crippen molar-refractivity contribution in [3.8, 4) is 0 Å². The molecule has 0 aromatic heterocycles. The van der Waals surface area contributed by atoms with E-state index in [0.29, 0.717) is 13.1 Å². The van der Waals surface area contributed by atoms with Gasteiger partial charge in [-0.3, -0.25) is 4.90 Å². The van der Waals surface area contributed by atoms with E-state index in [1.54, 1.807) is 0 Å². The minimum atomic E-state index is -0.736. The quantitative estimate of drug-likeness (QED) is 0.709. The predicted molar refractivity (Wildman–Crippen MR) is 104 cm³/mol. The second-order valence-electron chi connectivity index (χ2n) is 7.66. The Morgan fingerprint density at radius 2 is 1.73 bits per heavy atom. The number of carbonyl (C=O) groups excluding carboxylic acids is 1. The standard InChI is InChI=1S/C20H30ClN3O2/c21-17-8-6-16(7-9-17)18(24-12-4-5-13-24)14-22-19(25)23-15-20(26)10-2-1-3-11-20/h6-9,18,26H,1-5,10-15H2,(H2,22,23,25)/t18-/m0/s1. The first kappa shape index (κ1) is 19.5. The highest BCUT2D eigenvalue weighted by atomic mass is 35.5. The van der Waals surface area contributed by atoms with Gasteiger partial charge in [0.15, 0.2) is 0 Å². The van der Waals surface area contributed by atoms with Crippen LogP contribution < -0.4 is 10.6 Å². The molecule has 1 aliphatic heterocycles. The van der Waals surface area contributed by atoms with Gasteiger partial charge in [-0.1, -0.05) is 43.0 Å². The molecule has 1 aromatic rings. The van der Waals surface area contributed by atoms with Gasteiger partial charge in [-0.2, -0.15) is 0 Å². The zero-order valence-electron chi connectivity index (χ0n) is 15.3. The van der Waals surface area contributed by atoms with Crippen LogP contribution in [0.2, 0.25) is 5.02 Å². The number of aliphatic hydroxyl groups is 1. The van der Waals surface area contributed by atoms with Crippen LogP contribution in [0.1, 0.15) is 56.6 Å². The van der Waals surface area contributed by atoms with Crippen LogP contribution >= 0.6 is 11.6 Å². The largest absolute Gasteiger partial charge is 0.388 e. The molecule has 2 aliphatic rings. The van der Waals surface area contributed by atoms with E-state index < -0.39 is 5.60 Å². The van der Waals surface area contributed by atoms with Crippen molar-refractivity contribution in [2.24, 2.45) is 0 Å². The van der Waals surface area contributed by atoms with Crippen LogP contribution in [0, 0.1) is 0 Å². The van der Waals surface area contributed by atoms with E-state index in [-0.39, 0.29) is 12.1 Å². The van der Waals surface area contributed by atoms with Crippen molar-refractivity contribution in [1.82, 2.24) is 15.5 Å². The lowest BCUT2D eigenvalue weighted by molar-refractivity contribution is 0.00716. The Morgan fingerprint density at radius 1 is 1.08 bits per heavy atom. The van der Waals surface area contributed by atoms with Crippen molar-refractivity contribution < 1.29 is 9.90 Å². The molecular formula is C20H30ClN3O2. The molecule has 144 valence electrons. The number of nitrogens with one attached hydrogen (secondary N) is 2. The molecule has 3 rings (SSSR count). The lowest BCUT2D eigenvalue weighted by Crippen LogP contribution is -2.48. The van der Waals surface area contributed by atoms with Crippen LogP contribution in [-0.2, 0) is 0 Å². The maximum Gasteiger partial charge on any atom is 0.314 e. The number of hydrogen-bond donors (Lipinski definition) is 3. The van der Waals surface area contributed by atoms with Crippen molar-refractivity contribution in [3.63, 3.8) is 0 Å². The van der Waals surface area contributed by atoms with E-state index in [9.17, 15) is 9.90 Å². The summed E-state index contributed by atoms with van der Waals surface area (Å²) >= 11 is 6.01. The SMILES string of the molecule is O=C(NC[C@@H](c1ccc(Cl)cc1)N1CCCC1)NCC1(O)CCCCC1. The number of likely N-dealkylation sites (tertiary alicyclic amines) is 1. The normalized spacial score (nSPS) is 21.3. The van der Waals surface area contributed by atoms with Gasteiger partial charge < -0.3 is 15.7 Å². The fraction of sp³-hybridized carbons (Fsp3) is 0.650. The third-order valence-electron chi connectivity index (χ3n) is 5.65. The first-order valence-corrected chi connectivity index (χ1v) is 10.2. The van der Waals surface area contributed by atoms with E-state index in [1.165, 1.54) is 24.8 Å². The van der Waals surface area contributed by atoms with Gasteiger partial charge in [-0.25, -0.2) is 4.79 Å². The number of carbonyl (C=O) groups is 1. The molecule has 1 saturated heterocycles. The lowest BCUT2D eigenvalue weighted by Gasteiger charge is -2.32. The Labute approximate surface area is 161 Å². The molecule has 1 aromatic carbocycles. The van der Waals surface area contributed by atoms with Crippen LogP contribution in [0.4, 0.5) is 4.79 Å². The topological polar surface area (TPSA) is 64.6 Å². The number of halogens is 1. The van der Waals surface area contributed by atoms with E-state index in [4.69, 9.17) is 11.6 Å². The third kappa shape index (κ3) is 5.35. The Kier molecular flexibility index (Phi) is 6.79. The maximum atomic E-state index is 12.3. The second kappa shape index (κ2) is 9.07. The van der Waals surface area contributed by atoms with Crippen molar-refractivity contribution in [1.29, 1.82) is 0 Å². The van der Waals surface area contributed by atoms with Gasteiger partial charge in [0, 0.05) is 18.1 Å². The molecular weight excluding hydrogens is 350 g/mol. The molecule has 1 saturated carbocycles. The molecule has 5 nitrogen and oxygen atoms in total. The molecule has 2 amide bonds. The van der Waals surface area contributed by atoms with Crippen molar-refractivity contribution in [3.05, 3.63) is 34.9 Å². The van der Waals surface area contributed by atoms with Crippen LogP contribution in [-0.4, -0.2) is 47.8 Å². The smallest absolute Gasteiger partial charge is 0.314 e. The summed E-state index contributed by atoms with van der Waals surface area (Å²) in [5.41, 5.74) is 0.433. The van der Waals surface area contributed by atoms with Gasteiger partial charge in [0.25, 0.3) is 0 Å². The summed E-state index contributed by atoms with van der Waals surface area (Å²) in [6, 6.07) is 7.82. The minimum absolute atomic E-state index is 0.151. The van der Waals surface area contributed by atoms with Crippen LogP contribution in [0.3, 0.4) is 0 Å². The molecule has 1 aliphatic carbocycles. The van der Waals surface area contributed by atoms with Gasteiger partial charge in [0.05, 0.1) is 11.6 Å². The number of amides is 2. The van der Waals surface area contributed by atoms with Crippen molar-refractivity contribution in [2.45, 2.75) is 56.6 Å². The summed E-state index contributed by atoms with van der Waals surface area (Å²) in [6.07, 6.45) is 7.18. The molecule has 0 spiro atoms. The van der Waals surface area contributed by atoms with Gasteiger partial charge >= 0.3 is 6.03 Å². The van der Waals surface area contributed by atoms with Crippen molar-refractivity contribution in [2.75, 3.05) is 26.2 Å². The molecule has 3 N–H and O–H groups in total. The number of urea groups is 1. The molecule has 0 unspecified atom stereocenters. The van der Waals surface area contributed by atoms with Gasteiger partial charge in [0.1, 0.15) is 0 Å². The summed E-state index contributed by atoms with van der Waals surface area (Å²) in [5.74, 6) is 0. The highest BCUT2D eigenvalue weighted by molar-refractivity contribution is 6.30. The highest BCUT2D eigenvalue weighted by Gasteiger charge is 2.30. The number of nitrogens with zero attached hydrogens (tertiary/aromatic N) is 1. The van der Waals surface area contributed by atoms with Gasteiger partial charge in [0.2, 0.25) is 0 Å². The molecule has 26 heavy (non-hydrogen) atoms. The highest BCUT2D eigenvalue weighted by Crippen LogP contribution is 2.27. The number of hydrogen-bond acceptors (Lipinski definition) is 3. The van der Waals surface area contributed by atoms with Crippen LogP contribution in [0.25, 0.3) is 0 Å². The average Bonchev–Trinajstić information content (AvgIpc) is 3.17. The molecule has 0 bridgehead atoms. The van der Waals surface area contributed by atoms with E-state index in [1.807, 2.05) is 24.3 Å². The second-order valence-corrected chi connectivity index (χ2v) is 8.10. The zero-order chi connectivity index (χ0) is 18.4. The third-order valence-corrected chi connectivity index (χ3v) is 5.91. The van der Waals surface area contributed by atoms with E-state index >= 15 is 0 Å². The van der Waals surface area contributed by atoms with E-state index in [0.717, 1.165) is 43.8 Å². The molecule has 1 atom stereocenters. The first-order chi connectivity index (χ1) is 12.6. The first-order valence-electron chi connectivity index (χ1n) is 9.79.